The Labute approximate surface area is 204 Å². The van der Waals surface area contributed by atoms with Crippen LogP contribution in [-0.4, -0.2) is 39.3 Å². The van der Waals surface area contributed by atoms with Crippen LogP contribution in [0.15, 0.2) is 60.9 Å². The molecule has 6 rings (SSSR count). The van der Waals surface area contributed by atoms with Crippen molar-refractivity contribution in [3.8, 4) is 22.8 Å². The van der Waals surface area contributed by atoms with Gasteiger partial charge in [0.25, 0.3) is 5.91 Å². The molecule has 0 radical (unpaired) electrons. The highest BCUT2D eigenvalue weighted by atomic mass is 16.5. The summed E-state index contributed by atoms with van der Waals surface area (Å²) in [7, 11) is 1.92. The second kappa shape index (κ2) is 8.82. The van der Waals surface area contributed by atoms with Crippen LogP contribution in [0.5, 0.6) is 11.5 Å². The minimum Gasteiger partial charge on any atom is -0.457 e. The predicted molar refractivity (Wildman–Crippen MR) is 136 cm³/mol. The van der Waals surface area contributed by atoms with Crippen LogP contribution in [0.1, 0.15) is 35.7 Å². The minimum absolute atomic E-state index is 0.0292. The van der Waals surface area contributed by atoms with E-state index in [1.165, 1.54) is 6.42 Å². The number of carbonyl (C=O) groups is 1. The van der Waals surface area contributed by atoms with Crippen LogP contribution in [0.4, 0.5) is 0 Å². The highest BCUT2D eigenvalue weighted by molar-refractivity contribution is 5.96. The van der Waals surface area contributed by atoms with Gasteiger partial charge in [0.1, 0.15) is 11.5 Å². The van der Waals surface area contributed by atoms with Gasteiger partial charge in [0.2, 0.25) is 0 Å². The lowest BCUT2D eigenvalue weighted by Crippen LogP contribution is -2.44. The number of rotatable bonds is 6. The average Bonchev–Trinajstić information content (AvgIpc) is 3.60. The molecule has 1 saturated heterocycles. The van der Waals surface area contributed by atoms with E-state index in [0.29, 0.717) is 17.7 Å². The minimum atomic E-state index is 0.0292. The molecule has 1 amide bonds. The lowest BCUT2D eigenvalue weighted by atomic mass is 9.98. The van der Waals surface area contributed by atoms with Crippen LogP contribution >= 0.6 is 0 Å². The van der Waals surface area contributed by atoms with Crippen molar-refractivity contribution in [2.75, 3.05) is 6.54 Å². The number of carbonyl (C=O) groups excluding carboxylic acids is 1. The topological polar surface area (TPSA) is 81.1 Å². The van der Waals surface area contributed by atoms with Crippen LogP contribution in [0.2, 0.25) is 0 Å². The molecular formula is C28H29N5O2. The van der Waals surface area contributed by atoms with Gasteiger partial charge < -0.3 is 15.4 Å². The van der Waals surface area contributed by atoms with Crippen molar-refractivity contribution < 1.29 is 9.53 Å². The average molecular weight is 468 g/mol. The smallest absolute Gasteiger partial charge is 0.251 e. The Morgan fingerprint density at radius 3 is 2.83 bits per heavy atom. The lowest BCUT2D eigenvalue weighted by molar-refractivity contribution is 0.0924. The predicted octanol–water partition coefficient (Wildman–Crippen LogP) is 4.47. The summed E-state index contributed by atoms with van der Waals surface area (Å²) in [5.74, 6) is 2.04. The van der Waals surface area contributed by atoms with Gasteiger partial charge in [0, 0.05) is 60.5 Å². The fourth-order valence-electron chi connectivity index (χ4n) is 5.48. The van der Waals surface area contributed by atoms with Crippen LogP contribution in [0, 0.1) is 5.92 Å². The van der Waals surface area contributed by atoms with Crippen molar-refractivity contribution in [1.29, 1.82) is 0 Å². The van der Waals surface area contributed by atoms with Crippen LogP contribution in [0.3, 0.4) is 0 Å². The van der Waals surface area contributed by atoms with Gasteiger partial charge in [0.15, 0.2) is 0 Å². The molecule has 2 aromatic heterocycles. The van der Waals surface area contributed by atoms with E-state index in [-0.39, 0.29) is 11.9 Å². The number of aromatic nitrogens is 3. The van der Waals surface area contributed by atoms with Crippen molar-refractivity contribution in [3.05, 3.63) is 72.1 Å². The van der Waals surface area contributed by atoms with Crippen LogP contribution < -0.4 is 15.4 Å². The van der Waals surface area contributed by atoms with Gasteiger partial charge in [-0.15, -0.1) is 0 Å². The maximum atomic E-state index is 13.1. The van der Waals surface area contributed by atoms with Crippen molar-refractivity contribution in [3.63, 3.8) is 0 Å². The summed E-state index contributed by atoms with van der Waals surface area (Å²) in [6.07, 6.45) is 6.57. The molecule has 2 aromatic carbocycles. The first-order chi connectivity index (χ1) is 17.1. The third-order valence-corrected chi connectivity index (χ3v) is 7.39. The SMILES string of the molecule is CCc1cc(-c2cc(Oc3ccc4cnn(C)c4c3)ccn2)ccc1C(=O)N[C@@H]1C[C@H]2C[C@@H]1CN2. The van der Waals surface area contributed by atoms with E-state index < -0.39 is 0 Å². The number of hydrogen-bond acceptors (Lipinski definition) is 5. The van der Waals surface area contributed by atoms with Crippen molar-refractivity contribution in [1.82, 2.24) is 25.4 Å². The fourth-order valence-corrected chi connectivity index (χ4v) is 5.48. The summed E-state index contributed by atoms with van der Waals surface area (Å²) in [5.41, 5.74) is 4.57. The number of pyridine rings is 1. The Balaban J connectivity index is 1.22. The molecule has 4 aromatic rings. The van der Waals surface area contributed by atoms with Crippen molar-refractivity contribution in [2.45, 2.75) is 38.3 Å². The second-order valence-corrected chi connectivity index (χ2v) is 9.61. The van der Waals surface area contributed by atoms with E-state index in [1.807, 2.05) is 60.4 Å². The first-order valence-corrected chi connectivity index (χ1v) is 12.3. The van der Waals surface area contributed by atoms with E-state index in [4.69, 9.17) is 4.74 Å². The van der Waals surface area contributed by atoms with E-state index in [2.05, 4.69) is 33.7 Å². The van der Waals surface area contributed by atoms with Crippen molar-refractivity contribution >= 4 is 16.8 Å². The zero-order valence-electron chi connectivity index (χ0n) is 20.0. The molecule has 0 spiro atoms. The normalized spacial score (nSPS) is 20.9. The lowest BCUT2D eigenvalue weighted by Gasteiger charge is -2.24. The number of benzene rings is 2. The number of nitrogens with one attached hydrogen (secondary N) is 2. The summed E-state index contributed by atoms with van der Waals surface area (Å²) in [6.45, 7) is 3.09. The zero-order chi connectivity index (χ0) is 23.9. The molecule has 35 heavy (non-hydrogen) atoms. The van der Waals surface area contributed by atoms with E-state index in [0.717, 1.165) is 58.4 Å². The Morgan fingerprint density at radius 1 is 1.14 bits per heavy atom. The first-order valence-electron chi connectivity index (χ1n) is 12.3. The number of hydrogen-bond donors (Lipinski definition) is 2. The third-order valence-electron chi connectivity index (χ3n) is 7.39. The molecule has 7 heteroatoms. The second-order valence-electron chi connectivity index (χ2n) is 9.61. The number of aryl methyl sites for hydroxylation is 2. The number of piperidine rings is 1. The molecule has 2 fully saturated rings. The van der Waals surface area contributed by atoms with Crippen molar-refractivity contribution in [2.24, 2.45) is 13.0 Å². The first kappa shape index (κ1) is 21.8. The summed E-state index contributed by atoms with van der Waals surface area (Å²) >= 11 is 0. The Morgan fingerprint density at radius 2 is 2.03 bits per heavy atom. The highest BCUT2D eigenvalue weighted by Gasteiger charge is 2.40. The fraction of sp³-hybridized carbons (Fsp3) is 0.321. The molecule has 3 atom stereocenters. The molecule has 2 bridgehead atoms. The Hall–Kier alpha value is -3.71. The molecule has 3 heterocycles. The Bertz CT molecular complexity index is 1410. The number of fused-ring (bicyclic) bond motifs is 3. The standard InChI is InChI=1S/C28H29N5O2/c1-3-17-10-18(5-7-24(17)28(34)32-26-12-21-11-20(26)15-30-21)25-13-23(8-9-29-25)35-22-6-4-19-16-31-33(2)27(19)14-22/h4-10,13-14,16,20-21,26,30H,3,11-12,15H2,1-2H3,(H,32,34)/t20-,21-,26-/m1/s1. The monoisotopic (exact) mass is 467 g/mol. The van der Waals surface area contributed by atoms with Crippen LogP contribution in [-0.2, 0) is 13.5 Å². The quantitative estimate of drug-likeness (QED) is 0.437. The largest absolute Gasteiger partial charge is 0.457 e. The van der Waals surface area contributed by atoms with Crippen LogP contribution in [0.25, 0.3) is 22.2 Å². The molecule has 1 aliphatic carbocycles. The van der Waals surface area contributed by atoms with Gasteiger partial charge in [0.05, 0.1) is 17.4 Å². The number of ether oxygens (including phenoxy) is 1. The molecule has 1 aliphatic heterocycles. The highest BCUT2D eigenvalue weighted by Crippen LogP contribution is 2.32. The summed E-state index contributed by atoms with van der Waals surface area (Å²) in [5, 5.41) is 12.2. The molecule has 0 unspecified atom stereocenters. The van der Waals surface area contributed by atoms with Gasteiger partial charge in [-0.1, -0.05) is 13.0 Å². The summed E-state index contributed by atoms with van der Waals surface area (Å²) in [6, 6.07) is 16.5. The van der Waals surface area contributed by atoms with E-state index in [1.54, 1.807) is 6.20 Å². The maximum absolute atomic E-state index is 13.1. The van der Waals surface area contributed by atoms with Gasteiger partial charge >= 0.3 is 0 Å². The van der Waals surface area contributed by atoms with Gasteiger partial charge in [-0.3, -0.25) is 14.5 Å². The zero-order valence-corrected chi connectivity index (χ0v) is 20.0. The molecule has 7 nitrogen and oxygen atoms in total. The Kier molecular flexibility index (Phi) is 5.49. The summed E-state index contributed by atoms with van der Waals surface area (Å²) in [4.78, 5) is 17.7. The van der Waals surface area contributed by atoms with E-state index >= 15 is 0 Å². The molecule has 1 saturated carbocycles. The third kappa shape index (κ3) is 4.17. The molecule has 178 valence electrons. The summed E-state index contributed by atoms with van der Waals surface area (Å²) < 4.78 is 7.97. The number of nitrogens with zero attached hydrogens (tertiary/aromatic N) is 3. The van der Waals surface area contributed by atoms with Gasteiger partial charge in [-0.25, -0.2) is 0 Å². The maximum Gasteiger partial charge on any atom is 0.251 e. The van der Waals surface area contributed by atoms with Gasteiger partial charge in [-0.05, 0) is 61.1 Å². The molecule has 2 aliphatic rings. The molecular weight excluding hydrogens is 438 g/mol. The van der Waals surface area contributed by atoms with Gasteiger partial charge in [-0.2, -0.15) is 5.10 Å². The van der Waals surface area contributed by atoms with E-state index in [9.17, 15) is 4.79 Å². The molecule has 2 N–H and O–H groups in total. The number of amides is 1.